The molecular weight excluding hydrogens is 1120 g/mol. The average molecular weight is 1220 g/mol. The summed E-state index contributed by atoms with van der Waals surface area (Å²) in [4.78, 5) is 158. The highest BCUT2D eigenvalue weighted by Gasteiger charge is 2.43. The summed E-state index contributed by atoms with van der Waals surface area (Å²) in [5, 5.41) is 19.9. The molecule has 0 spiro atoms. The zero-order valence-electron chi connectivity index (χ0n) is 54.5. The molecule has 21 heteroatoms. The maximum absolute atomic E-state index is 15.3. The summed E-state index contributed by atoms with van der Waals surface area (Å²) < 4.78 is 0. The van der Waals surface area contributed by atoms with Gasteiger partial charge < -0.3 is 55.4 Å². The molecule has 0 radical (unpaired) electrons. The standard InChI is InChI=1S/C67H98N10O11/c1-16-43(6)56-65(86)71(10)44(7)63(84)75(14)53(38-47-27-20-17-21-28-47)61(82)69-57(46(9)78)66(87)72(11)45(8)62(83)74(13)51(35-41(2)3)60(81)70-58(67(88)77-33-24-19-25-34-77)50-32-26-31-49(37-50)40-55(79)73(12)54(39-48-29-22-18-23-30-48)64(85)76(15)52(36-42(4)5)59(80)68-56/h17-18,20-23,26-32,37,41-46,51-54,56-58,78H,16,19,24-25,33-36,38-40H2,1-15H3,(H,68,80)(H,69,82)(H,70,81)/t43-,44-,45-,46+,51-,52-,53-,54-,56-,57-,58-/m0/s1. The van der Waals surface area contributed by atoms with Gasteiger partial charge in [-0.25, -0.2) is 0 Å². The quantitative estimate of drug-likeness (QED) is 0.198. The van der Waals surface area contributed by atoms with Crippen molar-refractivity contribution >= 4 is 59.1 Å². The van der Waals surface area contributed by atoms with Crippen molar-refractivity contribution in [2.75, 3.05) is 55.4 Å². The second-order valence-corrected chi connectivity index (χ2v) is 25.2. The Bertz CT molecular complexity index is 2900. The van der Waals surface area contributed by atoms with Crippen LogP contribution in [0.2, 0.25) is 0 Å². The molecule has 1 fully saturated rings. The smallest absolute Gasteiger partial charge is 0.249 e. The predicted octanol–water partition coefficient (Wildman–Crippen LogP) is 4.39. The molecule has 21 nitrogen and oxygen atoms in total. The number of piperidine rings is 1. The van der Waals surface area contributed by atoms with Crippen LogP contribution in [0.4, 0.5) is 0 Å². The number of hydrogen-bond donors (Lipinski definition) is 4. The molecule has 3 aromatic rings. The SMILES string of the molecule is CC[C@H](C)[C@@H]1NC(=O)[C@H](CC(C)C)N(C)C(=O)[C@H](Cc2ccccc2)N(C)C(=O)Cc2cccc(c2)[C@@H](C(=O)N2CCCCC2)NC(=O)[C@H](CC(C)C)N(C)C(=O)[C@H](C)N(C)C(=O)[C@H]([C@@H](C)O)NC(=O)[C@H](Cc2ccccc2)N(C)C(=O)[C@H](C)N(C)C1=O. The molecule has 1 saturated heterocycles. The number of nitrogens with zero attached hydrogens (tertiary/aromatic N) is 7. The Labute approximate surface area is 521 Å². The fraction of sp³-hybridized carbons (Fsp3) is 0.582. The van der Waals surface area contributed by atoms with Crippen molar-refractivity contribution in [2.24, 2.45) is 17.8 Å². The van der Waals surface area contributed by atoms with E-state index in [9.17, 15) is 48.3 Å². The number of carbonyl (C=O) groups is 10. The number of fused-ring (bicyclic) bond motifs is 2. The van der Waals surface area contributed by atoms with Gasteiger partial charge in [-0.05, 0) is 92.9 Å². The summed E-state index contributed by atoms with van der Waals surface area (Å²) in [5.74, 6) is -7.03. The first-order valence-electron chi connectivity index (χ1n) is 31.1. The van der Waals surface area contributed by atoms with Crippen molar-refractivity contribution in [2.45, 2.75) is 181 Å². The minimum atomic E-state index is -1.64. The number of hydrogen-bond acceptors (Lipinski definition) is 11. The summed E-state index contributed by atoms with van der Waals surface area (Å²) in [6.45, 7) is 16.4. The van der Waals surface area contributed by atoms with Gasteiger partial charge in [0.25, 0.3) is 0 Å². The third-order valence-electron chi connectivity index (χ3n) is 17.7. The lowest BCUT2D eigenvalue weighted by Gasteiger charge is -2.38. The molecule has 0 aliphatic carbocycles. The van der Waals surface area contributed by atoms with E-state index in [0.717, 1.165) is 29.7 Å². The number of aliphatic hydroxyl groups is 1. The average Bonchev–Trinajstić information content (AvgIpc) is 1.31. The van der Waals surface area contributed by atoms with Gasteiger partial charge in [0.05, 0.1) is 12.5 Å². The minimum Gasteiger partial charge on any atom is -0.391 e. The second-order valence-electron chi connectivity index (χ2n) is 25.2. The van der Waals surface area contributed by atoms with Crippen molar-refractivity contribution in [3.05, 3.63) is 107 Å². The molecule has 3 aromatic carbocycles. The van der Waals surface area contributed by atoms with Crippen LogP contribution in [0.3, 0.4) is 0 Å². The highest BCUT2D eigenvalue weighted by molar-refractivity contribution is 5.99. The van der Waals surface area contributed by atoms with E-state index in [1.807, 2.05) is 65.0 Å². The number of likely N-dealkylation sites (tertiary alicyclic amines) is 1. The Morgan fingerprint density at radius 3 is 1.44 bits per heavy atom. The number of rotatable bonds is 12. The van der Waals surface area contributed by atoms with Gasteiger partial charge in [-0.3, -0.25) is 47.9 Å². The van der Waals surface area contributed by atoms with E-state index in [4.69, 9.17) is 0 Å². The third-order valence-corrected chi connectivity index (χ3v) is 17.7. The molecule has 5 rings (SSSR count). The molecule has 11 atom stereocenters. The Hall–Kier alpha value is -7.68. The molecule has 4 N–H and O–H groups in total. The first kappa shape index (κ1) is 71.1. The molecule has 0 unspecified atom stereocenters. The van der Waals surface area contributed by atoms with Crippen molar-refractivity contribution in [3.8, 4) is 0 Å². The highest BCUT2D eigenvalue weighted by atomic mass is 16.3. The molecule has 2 heterocycles. The maximum Gasteiger partial charge on any atom is 0.249 e. The summed E-state index contributed by atoms with van der Waals surface area (Å²) in [6, 6.07) is 13.4. The lowest BCUT2D eigenvalue weighted by molar-refractivity contribution is -0.151. The predicted molar refractivity (Wildman–Crippen MR) is 336 cm³/mol. The molecule has 2 aliphatic rings. The van der Waals surface area contributed by atoms with Crippen molar-refractivity contribution in [1.82, 2.24) is 50.2 Å². The van der Waals surface area contributed by atoms with Crippen molar-refractivity contribution in [3.63, 3.8) is 0 Å². The van der Waals surface area contributed by atoms with Gasteiger partial charge in [-0.15, -0.1) is 0 Å². The number of amides is 10. The van der Waals surface area contributed by atoms with Crippen LogP contribution in [-0.4, -0.2) is 208 Å². The summed E-state index contributed by atoms with van der Waals surface area (Å²) in [5.41, 5.74) is 2.25. The van der Waals surface area contributed by atoms with Crippen molar-refractivity contribution < 1.29 is 53.1 Å². The minimum absolute atomic E-state index is 0.0596. The van der Waals surface area contributed by atoms with Crippen molar-refractivity contribution in [1.29, 1.82) is 0 Å². The first-order chi connectivity index (χ1) is 41.5. The number of likely N-dealkylation sites (N-methyl/N-ethyl adjacent to an activating group) is 6. The lowest BCUT2D eigenvalue weighted by atomic mass is 9.95. The molecule has 88 heavy (non-hydrogen) atoms. The Morgan fingerprint density at radius 2 is 0.955 bits per heavy atom. The number of aliphatic hydroxyl groups excluding tert-OH is 1. The van der Waals surface area contributed by atoms with E-state index in [-0.39, 0.29) is 49.8 Å². The van der Waals surface area contributed by atoms with Crippen LogP contribution in [-0.2, 0) is 67.2 Å². The Balaban J connectivity index is 1.68. The number of carbonyl (C=O) groups excluding carboxylic acids is 10. The zero-order valence-corrected chi connectivity index (χ0v) is 54.5. The van der Waals surface area contributed by atoms with E-state index < -0.39 is 120 Å². The molecule has 0 saturated carbocycles. The van der Waals surface area contributed by atoms with Crippen LogP contribution in [0.1, 0.15) is 129 Å². The highest BCUT2D eigenvalue weighted by Crippen LogP contribution is 2.26. The molecule has 2 bridgehead atoms. The van der Waals surface area contributed by atoms with E-state index in [2.05, 4.69) is 16.0 Å². The topological polar surface area (TPSA) is 250 Å². The van der Waals surface area contributed by atoms with Gasteiger partial charge in [0, 0.05) is 68.2 Å². The van der Waals surface area contributed by atoms with Gasteiger partial charge >= 0.3 is 0 Å². The van der Waals surface area contributed by atoms with Crippen LogP contribution in [0.5, 0.6) is 0 Å². The molecule has 2 aliphatic heterocycles. The van der Waals surface area contributed by atoms with Crippen LogP contribution in [0.15, 0.2) is 84.9 Å². The largest absolute Gasteiger partial charge is 0.391 e. The Kier molecular flexibility index (Phi) is 26.3. The van der Waals surface area contributed by atoms with Crippen LogP contribution in [0, 0.1) is 17.8 Å². The second kappa shape index (κ2) is 32.5. The Morgan fingerprint density at radius 1 is 0.511 bits per heavy atom. The van der Waals surface area contributed by atoms with Gasteiger partial charge in [0.15, 0.2) is 0 Å². The van der Waals surface area contributed by atoms with E-state index in [1.165, 1.54) is 87.6 Å². The summed E-state index contributed by atoms with van der Waals surface area (Å²) >= 11 is 0. The zero-order chi connectivity index (χ0) is 65.4. The van der Waals surface area contributed by atoms with E-state index in [1.54, 1.807) is 66.4 Å². The van der Waals surface area contributed by atoms with Crippen LogP contribution in [0.25, 0.3) is 0 Å². The lowest BCUT2D eigenvalue weighted by Crippen LogP contribution is -2.62. The van der Waals surface area contributed by atoms with Crippen LogP contribution >= 0.6 is 0 Å². The first-order valence-corrected chi connectivity index (χ1v) is 31.1. The van der Waals surface area contributed by atoms with Gasteiger partial charge in [-0.1, -0.05) is 133 Å². The van der Waals surface area contributed by atoms with E-state index in [0.29, 0.717) is 36.2 Å². The number of nitrogens with one attached hydrogen (secondary N) is 3. The summed E-state index contributed by atoms with van der Waals surface area (Å²) in [6.07, 6.45) is 1.45. The molecule has 482 valence electrons. The fourth-order valence-electron chi connectivity index (χ4n) is 11.4. The maximum atomic E-state index is 15.3. The van der Waals surface area contributed by atoms with Gasteiger partial charge in [-0.2, -0.15) is 0 Å². The molecular formula is C67H98N10O11. The van der Waals surface area contributed by atoms with E-state index >= 15 is 4.79 Å². The number of benzene rings is 3. The van der Waals surface area contributed by atoms with Gasteiger partial charge in [0.1, 0.15) is 54.4 Å². The molecule has 10 amide bonds. The fourth-order valence-corrected chi connectivity index (χ4v) is 11.4. The van der Waals surface area contributed by atoms with Gasteiger partial charge in [0.2, 0.25) is 59.1 Å². The summed E-state index contributed by atoms with van der Waals surface area (Å²) in [7, 11) is 8.66. The van der Waals surface area contributed by atoms with Crippen LogP contribution < -0.4 is 16.0 Å². The normalized spacial score (nSPS) is 25.4. The third kappa shape index (κ3) is 18.2. The monoisotopic (exact) mass is 1220 g/mol. The molecule has 0 aromatic heterocycles.